The average Bonchev–Trinajstić information content (AvgIpc) is 2.82. The van der Waals surface area contributed by atoms with Crippen LogP contribution in [0.4, 0.5) is 0 Å². The van der Waals surface area contributed by atoms with Crippen LogP contribution in [0.5, 0.6) is 0 Å². The molecule has 0 bridgehead atoms. The van der Waals surface area contributed by atoms with Crippen molar-refractivity contribution in [2.75, 3.05) is 0 Å². The number of nitrogens with one attached hydrogen (secondary N) is 1. The molecule has 8 nitrogen and oxygen atoms in total. The van der Waals surface area contributed by atoms with Crippen molar-refractivity contribution in [2.45, 2.75) is 42.0 Å². The van der Waals surface area contributed by atoms with Gasteiger partial charge in [0.1, 0.15) is 17.5 Å². The zero-order chi connectivity index (χ0) is 19.2. The van der Waals surface area contributed by atoms with E-state index in [2.05, 4.69) is 5.32 Å². The fourth-order valence-corrected chi connectivity index (χ4v) is 5.06. The SMILES string of the molecule is CC1(C)S[C@@H]2[C@H](NC(=O)C(C(=O)O)c3ccccc3)C(=O)N2[C@H]1C(=O)O.[K]. The van der Waals surface area contributed by atoms with Crippen molar-refractivity contribution in [3.63, 3.8) is 0 Å². The Morgan fingerprint density at radius 1 is 1.19 bits per heavy atom. The van der Waals surface area contributed by atoms with E-state index in [1.807, 2.05) is 0 Å². The number of rotatable bonds is 5. The van der Waals surface area contributed by atoms with Gasteiger partial charge < -0.3 is 20.4 Å². The fraction of sp³-hybridized carbons (Fsp3) is 0.412. The Morgan fingerprint density at radius 3 is 2.30 bits per heavy atom. The number of carbonyl (C=O) groups is 4. The van der Waals surface area contributed by atoms with Gasteiger partial charge in [-0.1, -0.05) is 30.3 Å². The van der Waals surface area contributed by atoms with Gasteiger partial charge in [-0.15, -0.1) is 11.8 Å². The third-order valence-electron chi connectivity index (χ3n) is 4.61. The number of hydrogen-bond donors (Lipinski definition) is 3. The smallest absolute Gasteiger partial charge is 0.327 e. The van der Waals surface area contributed by atoms with Gasteiger partial charge in [0.05, 0.1) is 0 Å². The number of carboxylic acids is 2. The quantitative estimate of drug-likeness (QED) is 0.353. The Kier molecular flexibility index (Phi) is 6.81. The summed E-state index contributed by atoms with van der Waals surface area (Å²) in [7, 11) is 0. The number of carboxylic acid groups (broad SMARTS) is 2. The first-order chi connectivity index (χ1) is 12.1. The van der Waals surface area contributed by atoms with Gasteiger partial charge in [-0.25, -0.2) is 4.79 Å². The van der Waals surface area contributed by atoms with E-state index in [0.717, 1.165) is 0 Å². The Labute approximate surface area is 202 Å². The Hall–Kier alpha value is -0.914. The summed E-state index contributed by atoms with van der Waals surface area (Å²) in [4.78, 5) is 49.2. The molecule has 0 spiro atoms. The van der Waals surface area contributed by atoms with Gasteiger partial charge in [0.15, 0.2) is 5.92 Å². The first-order valence-corrected chi connectivity index (χ1v) is 8.84. The molecule has 1 aromatic rings. The second-order valence-corrected chi connectivity index (χ2v) is 8.54. The van der Waals surface area contributed by atoms with Gasteiger partial charge in [-0.2, -0.15) is 0 Å². The summed E-state index contributed by atoms with van der Waals surface area (Å²) in [5.74, 6) is -5.16. The van der Waals surface area contributed by atoms with Gasteiger partial charge in [0.25, 0.3) is 0 Å². The van der Waals surface area contributed by atoms with Crippen molar-refractivity contribution >= 4 is 86.9 Å². The summed E-state index contributed by atoms with van der Waals surface area (Å²) < 4.78 is -0.711. The number of fused-ring (bicyclic) bond motifs is 1. The Morgan fingerprint density at radius 2 is 1.78 bits per heavy atom. The molecule has 0 aromatic heterocycles. The van der Waals surface area contributed by atoms with Crippen LogP contribution in [0.2, 0.25) is 0 Å². The number of benzene rings is 1. The number of hydrogen-bond acceptors (Lipinski definition) is 5. The van der Waals surface area contributed by atoms with Gasteiger partial charge in [0.2, 0.25) is 11.8 Å². The zero-order valence-electron chi connectivity index (χ0n) is 15.1. The van der Waals surface area contributed by atoms with Crippen LogP contribution in [0.15, 0.2) is 30.3 Å². The van der Waals surface area contributed by atoms with E-state index >= 15 is 0 Å². The van der Waals surface area contributed by atoms with Crippen molar-refractivity contribution in [3.8, 4) is 0 Å². The monoisotopic (exact) mass is 417 g/mol. The zero-order valence-corrected chi connectivity index (χ0v) is 19.0. The van der Waals surface area contributed by atoms with Gasteiger partial charge in [-0.05, 0) is 19.4 Å². The molecule has 1 aromatic carbocycles. The molecule has 2 saturated heterocycles. The maximum absolute atomic E-state index is 12.5. The maximum atomic E-state index is 12.5. The summed E-state index contributed by atoms with van der Waals surface area (Å²) in [5, 5.41) is 20.8. The minimum Gasteiger partial charge on any atom is -0.480 e. The minimum atomic E-state index is -1.44. The van der Waals surface area contributed by atoms with Crippen LogP contribution in [0, 0.1) is 0 Å². The summed E-state index contributed by atoms with van der Waals surface area (Å²) in [5.41, 5.74) is 0.309. The molecule has 4 atom stereocenters. The van der Waals surface area contributed by atoms with E-state index in [1.54, 1.807) is 32.0 Å². The van der Waals surface area contributed by atoms with Crippen molar-refractivity contribution < 1.29 is 29.4 Å². The topological polar surface area (TPSA) is 124 Å². The number of nitrogens with zero attached hydrogens (tertiary/aromatic N) is 1. The molecule has 10 heteroatoms. The summed E-state index contributed by atoms with van der Waals surface area (Å²) >= 11 is 1.29. The van der Waals surface area contributed by atoms with Crippen LogP contribution in [-0.4, -0.2) is 112 Å². The molecule has 0 aliphatic carbocycles. The van der Waals surface area contributed by atoms with Crippen LogP contribution < -0.4 is 5.32 Å². The van der Waals surface area contributed by atoms with Crippen LogP contribution in [0.1, 0.15) is 25.3 Å². The van der Waals surface area contributed by atoms with Crippen molar-refractivity contribution in [3.05, 3.63) is 35.9 Å². The van der Waals surface area contributed by atoms with Crippen molar-refractivity contribution in [1.29, 1.82) is 0 Å². The van der Waals surface area contributed by atoms with Crippen molar-refractivity contribution in [1.82, 2.24) is 10.2 Å². The van der Waals surface area contributed by atoms with E-state index in [-0.39, 0.29) is 51.4 Å². The molecule has 27 heavy (non-hydrogen) atoms. The molecule has 139 valence electrons. The molecule has 2 heterocycles. The molecule has 2 amide bonds. The number of carbonyl (C=O) groups excluding carboxylic acids is 2. The van der Waals surface area contributed by atoms with Crippen LogP contribution in [0.3, 0.4) is 0 Å². The third kappa shape index (κ3) is 3.96. The number of β-lactam (4-membered cyclic amide) rings is 1. The molecule has 2 aliphatic heterocycles. The van der Waals surface area contributed by atoms with E-state index in [0.29, 0.717) is 5.56 Å². The van der Waals surface area contributed by atoms with Crippen molar-refractivity contribution in [2.24, 2.45) is 0 Å². The van der Waals surface area contributed by atoms with Gasteiger partial charge >= 0.3 is 11.9 Å². The van der Waals surface area contributed by atoms with Gasteiger partial charge in [0, 0.05) is 56.1 Å². The number of thioether (sulfide) groups is 1. The standard InChI is InChI=1S/C17H18N2O6S.K/c1-17(2)11(16(24)25)19-13(21)10(14(19)26-17)18-12(20)9(15(22)23)8-6-4-3-5-7-8;/h3-7,9-11,14H,1-2H3,(H,18,20)(H,22,23)(H,24,25);/t9?,10-,11+,14-;/m1./s1. The van der Waals surface area contributed by atoms with E-state index < -0.39 is 51.9 Å². The molecule has 3 N–H and O–H groups in total. The maximum Gasteiger partial charge on any atom is 0.327 e. The largest absolute Gasteiger partial charge is 0.480 e. The van der Waals surface area contributed by atoms with E-state index in [9.17, 15) is 29.4 Å². The van der Waals surface area contributed by atoms with Gasteiger partial charge in [-0.3, -0.25) is 14.4 Å². The van der Waals surface area contributed by atoms with Crippen LogP contribution in [-0.2, 0) is 19.2 Å². The Bertz CT molecular complexity index is 787. The minimum absolute atomic E-state index is 0. The third-order valence-corrected chi connectivity index (χ3v) is 6.19. The molecule has 1 radical (unpaired) electrons. The summed E-state index contributed by atoms with van der Waals surface area (Å²) in [6.07, 6.45) is 0. The normalized spacial score (nSPS) is 26.2. The number of aliphatic carboxylic acids is 2. The first kappa shape index (κ1) is 22.4. The molecular weight excluding hydrogens is 399 g/mol. The predicted octanol–water partition coefficient (Wildman–Crippen LogP) is 0.106. The molecule has 1 unspecified atom stereocenters. The molecule has 0 saturated carbocycles. The second kappa shape index (κ2) is 8.22. The van der Waals surface area contributed by atoms with E-state index in [1.165, 1.54) is 28.8 Å². The van der Waals surface area contributed by atoms with E-state index in [4.69, 9.17) is 0 Å². The average molecular weight is 418 g/mol. The molecule has 2 aliphatic rings. The number of amides is 2. The molecule has 2 fully saturated rings. The molecular formula is C17H18KN2O6S. The van der Waals surface area contributed by atoms with Crippen LogP contribution in [0.25, 0.3) is 0 Å². The summed E-state index contributed by atoms with van der Waals surface area (Å²) in [6, 6.07) is 6.10. The Balaban J connectivity index is 0.00000261. The molecule has 3 rings (SSSR count). The predicted molar refractivity (Wildman–Crippen MR) is 98.2 cm³/mol. The fourth-order valence-electron chi connectivity index (χ4n) is 3.43. The first-order valence-electron chi connectivity index (χ1n) is 7.96. The second-order valence-electron chi connectivity index (χ2n) is 6.77. The summed E-state index contributed by atoms with van der Waals surface area (Å²) in [6.45, 7) is 3.45. The van der Waals surface area contributed by atoms with Crippen LogP contribution >= 0.6 is 11.8 Å².